The maximum Gasteiger partial charge on any atom is 0.270 e. The number of halogens is 1. The molecule has 0 aliphatic heterocycles. The van der Waals surface area contributed by atoms with Crippen molar-refractivity contribution in [2.45, 2.75) is 13.5 Å². The Hall–Kier alpha value is -4.87. The average Bonchev–Trinajstić information content (AvgIpc) is 3.21. The Bertz CT molecular complexity index is 1610. The summed E-state index contributed by atoms with van der Waals surface area (Å²) < 4.78 is 15.8. The number of aromatic nitrogens is 1. The summed E-state index contributed by atoms with van der Waals surface area (Å²) in [5.41, 5.74) is 0.829. The van der Waals surface area contributed by atoms with Gasteiger partial charge >= 0.3 is 0 Å². The molecule has 3 N–H and O–H groups in total. The van der Waals surface area contributed by atoms with Crippen molar-refractivity contribution in [3.05, 3.63) is 73.9 Å². The highest BCUT2D eigenvalue weighted by atomic mass is 32.1. The third-order valence-corrected chi connectivity index (χ3v) is 6.42. The van der Waals surface area contributed by atoms with Gasteiger partial charge in [0.1, 0.15) is 21.1 Å². The number of anilines is 3. The van der Waals surface area contributed by atoms with E-state index in [1.165, 1.54) is 21.7 Å². The van der Waals surface area contributed by atoms with Gasteiger partial charge in [0, 0.05) is 31.2 Å². The van der Waals surface area contributed by atoms with Crippen LogP contribution in [0.4, 0.5) is 21.5 Å². The Morgan fingerprint density at radius 1 is 1.21 bits per heavy atom. The molecule has 11 heteroatoms. The normalized spacial score (nSPS) is 11.7. The molecule has 2 amide bonds. The molecule has 0 unspecified atom stereocenters. The topological polar surface area (TPSA) is 119 Å². The van der Waals surface area contributed by atoms with Crippen LogP contribution >= 0.6 is 11.3 Å². The minimum atomic E-state index is -0.655. The molecule has 9 nitrogen and oxygen atoms in total. The van der Waals surface area contributed by atoms with Crippen LogP contribution in [-0.2, 0) is 16.1 Å². The molecule has 3 aromatic rings. The summed E-state index contributed by atoms with van der Waals surface area (Å²) in [5, 5.41) is 17.7. The second kappa shape index (κ2) is 12.9. The Morgan fingerprint density at radius 2 is 1.95 bits per heavy atom. The molecular weight excluding hydrogens is 507 g/mol. The molecule has 0 radical (unpaired) electrons. The molecule has 0 bridgehead atoms. The summed E-state index contributed by atoms with van der Waals surface area (Å²) >= 11 is 1.000. The molecule has 2 aromatic carbocycles. The van der Waals surface area contributed by atoms with Gasteiger partial charge in [-0.05, 0) is 37.3 Å². The van der Waals surface area contributed by atoms with E-state index >= 15 is 0 Å². The van der Waals surface area contributed by atoms with Crippen LogP contribution in [0.5, 0.6) is 0 Å². The number of nitrogens with one attached hydrogen (secondary N) is 3. The zero-order valence-corrected chi connectivity index (χ0v) is 21.6. The first-order valence-electron chi connectivity index (χ1n) is 11.5. The molecule has 0 saturated heterocycles. The largest absolute Gasteiger partial charge is 0.363 e. The zero-order valence-electron chi connectivity index (χ0n) is 20.7. The smallest absolute Gasteiger partial charge is 0.270 e. The highest BCUT2D eigenvalue weighted by Crippen LogP contribution is 2.18. The van der Waals surface area contributed by atoms with Crippen molar-refractivity contribution in [1.82, 2.24) is 9.88 Å². The van der Waals surface area contributed by atoms with Gasteiger partial charge in [0.15, 0.2) is 5.57 Å². The molecule has 1 heterocycles. The monoisotopic (exact) mass is 532 g/mol. The van der Waals surface area contributed by atoms with Crippen LogP contribution in [0.3, 0.4) is 0 Å². The van der Waals surface area contributed by atoms with Crippen LogP contribution < -0.4 is 35.6 Å². The van der Waals surface area contributed by atoms with E-state index in [0.717, 1.165) is 11.3 Å². The van der Waals surface area contributed by atoms with E-state index < -0.39 is 11.7 Å². The summed E-state index contributed by atoms with van der Waals surface area (Å²) in [6.45, 7) is 1.89. The van der Waals surface area contributed by atoms with E-state index in [9.17, 15) is 24.0 Å². The first-order chi connectivity index (χ1) is 18.3. The van der Waals surface area contributed by atoms with Gasteiger partial charge < -0.3 is 20.9 Å². The second-order valence-corrected chi connectivity index (χ2v) is 8.95. The number of para-hydroxylation sites is 1. The Morgan fingerprint density at radius 3 is 2.63 bits per heavy atom. The van der Waals surface area contributed by atoms with Crippen molar-refractivity contribution in [2.24, 2.45) is 0 Å². The number of nitriles is 1. The first kappa shape index (κ1) is 27.7. The third-order valence-electron chi connectivity index (χ3n) is 5.29. The molecule has 194 valence electrons. The summed E-state index contributed by atoms with van der Waals surface area (Å²) in [7, 11) is 1.62. The van der Waals surface area contributed by atoms with Gasteiger partial charge in [0.05, 0.1) is 18.8 Å². The minimum absolute atomic E-state index is 0.0431. The van der Waals surface area contributed by atoms with Crippen LogP contribution in [0, 0.1) is 29.5 Å². The zero-order chi connectivity index (χ0) is 27.7. The average molecular weight is 533 g/mol. The summed E-state index contributed by atoms with van der Waals surface area (Å²) in [4.78, 5) is 39.2. The number of carbonyl (C=O) groups is 2. The van der Waals surface area contributed by atoms with Crippen molar-refractivity contribution in [1.29, 1.82) is 5.26 Å². The fraction of sp³-hybridized carbons (Fsp3) is 0.185. The van der Waals surface area contributed by atoms with Gasteiger partial charge in [-0.2, -0.15) is 5.26 Å². The van der Waals surface area contributed by atoms with E-state index in [4.69, 9.17) is 6.42 Å². The summed E-state index contributed by atoms with van der Waals surface area (Å²) in [6, 6.07) is 14.9. The predicted molar refractivity (Wildman–Crippen MR) is 147 cm³/mol. The Balaban J connectivity index is 1.80. The lowest BCUT2D eigenvalue weighted by Crippen LogP contribution is -2.34. The number of carbonyl (C=O) groups excluding carboxylic acids is 2. The van der Waals surface area contributed by atoms with Gasteiger partial charge in [0.25, 0.3) is 11.5 Å². The van der Waals surface area contributed by atoms with E-state index in [1.807, 2.05) is 6.07 Å². The van der Waals surface area contributed by atoms with Crippen LogP contribution in [0.2, 0.25) is 0 Å². The molecule has 1 aromatic heterocycles. The van der Waals surface area contributed by atoms with Crippen LogP contribution in [0.15, 0.2) is 53.3 Å². The van der Waals surface area contributed by atoms with Crippen molar-refractivity contribution in [3.8, 4) is 18.4 Å². The van der Waals surface area contributed by atoms with Crippen molar-refractivity contribution in [3.63, 3.8) is 0 Å². The van der Waals surface area contributed by atoms with Crippen LogP contribution in [0.1, 0.15) is 6.92 Å². The highest BCUT2D eigenvalue weighted by Gasteiger charge is 2.15. The summed E-state index contributed by atoms with van der Waals surface area (Å²) in [6.07, 6.45) is 6.64. The molecule has 0 aliphatic rings. The Labute approximate surface area is 222 Å². The lowest BCUT2D eigenvalue weighted by molar-refractivity contribution is -0.116. The number of terminal acetylenes is 1. The first-order valence-corrected chi connectivity index (χ1v) is 12.3. The number of rotatable bonds is 9. The van der Waals surface area contributed by atoms with E-state index in [0.29, 0.717) is 17.1 Å². The van der Waals surface area contributed by atoms with Crippen LogP contribution in [0.25, 0.3) is 11.8 Å². The molecule has 0 saturated carbocycles. The summed E-state index contributed by atoms with van der Waals surface area (Å²) in [5.74, 6) is 0.853. The predicted octanol–water partition coefficient (Wildman–Crippen LogP) is 1.42. The van der Waals surface area contributed by atoms with E-state index in [-0.39, 0.29) is 45.9 Å². The van der Waals surface area contributed by atoms with E-state index in [1.54, 1.807) is 56.4 Å². The van der Waals surface area contributed by atoms with E-state index in [2.05, 4.69) is 21.9 Å². The number of likely N-dealkylation sites (N-methyl/N-ethyl adjacent to an activating group) is 1. The second-order valence-electron chi connectivity index (χ2n) is 7.92. The van der Waals surface area contributed by atoms with Crippen molar-refractivity contribution in [2.75, 3.05) is 35.7 Å². The minimum Gasteiger partial charge on any atom is -0.363 e. The maximum absolute atomic E-state index is 14.0. The van der Waals surface area contributed by atoms with Crippen molar-refractivity contribution >= 4 is 52.0 Å². The number of nitrogens with zero attached hydrogens (tertiary/aromatic N) is 3. The molecular formula is C27H25FN6O3S. The van der Waals surface area contributed by atoms with Gasteiger partial charge in [0.2, 0.25) is 5.91 Å². The molecule has 0 atom stereocenters. The highest BCUT2D eigenvalue weighted by molar-refractivity contribution is 7.07. The number of benzene rings is 2. The fourth-order valence-electron chi connectivity index (χ4n) is 3.51. The molecule has 0 fully saturated rings. The SMILES string of the molecule is C#CCNC(=O)C(C#N)=c1sc(=CNc2cccc(NC(=O)CN(C)c3ccccc3F)c2)c(=O)n1CC. The van der Waals surface area contributed by atoms with Gasteiger partial charge in [-0.25, -0.2) is 4.39 Å². The molecule has 0 aliphatic carbocycles. The van der Waals surface area contributed by atoms with Crippen molar-refractivity contribution < 1.29 is 14.0 Å². The molecule has 38 heavy (non-hydrogen) atoms. The standard InChI is InChI=1S/C27H25FN6O3S/c1-4-13-30-25(36)20(15-29)27-34(5-2)26(37)23(38-27)16-31-18-9-8-10-19(14-18)32-24(35)17-33(3)22-12-7-6-11-21(22)28/h1,6-12,14,16,31H,5,13,17H2,2-3H3,(H,30,36)(H,32,35). The quantitative estimate of drug-likeness (QED) is 0.359. The molecule has 0 spiro atoms. The van der Waals surface area contributed by atoms with Gasteiger partial charge in [-0.15, -0.1) is 17.8 Å². The van der Waals surface area contributed by atoms with Gasteiger partial charge in [-0.3, -0.25) is 19.0 Å². The number of amides is 2. The maximum atomic E-state index is 14.0. The lowest BCUT2D eigenvalue weighted by Gasteiger charge is -2.19. The van der Waals surface area contributed by atoms with Gasteiger partial charge in [-0.1, -0.05) is 24.1 Å². The number of hydrogen-bond acceptors (Lipinski definition) is 7. The number of thiazole rings is 1. The molecule has 3 rings (SSSR count). The fourth-order valence-corrected chi connectivity index (χ4v) is 4.59. The number of hydrogen-bond donors (Lipinski definition) is 3. The van der Waals surface area contributed by atoms with Crippen LogP contribution in [-0.4, -0.2) is 36.5 Å². The Kier molecular flexibility index (Phi) is 9.41. The lowest BCUT2D eigenvalue weighted by atomic mass is 10.2. The third kappa shape index (κ3) is 6.66.